The van der Waals surface area contributed by atoms with Crippen molar-refractivity contribution < 1.29 is 4.74 Å². The van der Waals surface area contributed by atoms with Gasteiger partial charge in [0.2, 0.25) is 0 Å². The molecule has 0 bridgehead atoms. The molecular weight excluding hydrogens is 198 g/mol. The summed E-state index contributed by atoms with van der Waals surface area (Å²) in [6.07, 6.45) is 3.84. The van der Waals surface area contributed by atoms with Crippen LogP contribution in [0.1, 0.15) is 25.3 Å². The van der Waals surface area contributed by atoms with Gasteiger partial charge >= 0.3 is 0 Å². The molecule has 1 N–H and O–H groups in total. The van der Waals surface area contributed by atoms with Crippen LogP contribution in [-0.2, 0) is 11.2 Å². The zero-order valence-electron chi connectivity index (χ0n) is 9.99. The van der Waals surface area contributed by atoms with E-state index in [-0.39, 0.29) is 0 Å². The lowest BCUT2D eigenvalue weighted by Gasteiger charge is -2.28. The van der Waals surface area contributed by atoms with Gasteiger partial charge in [0.05, 0.1) is 6.10 Å². The predicted molar refractivity (Wildman–Crippen MR) is 66.6 cm³/mol. The third-order valence-electron chi connectivity index (χ3n) is 3.17. The third kappa shape index (κ3) is 3.62. The van der Waals surface area contributed by atoms with E-state index in [4.69, 9.17) is 4.74 Å². The molecule has 88 valence electrons. The van der Waals surface area contributed by atoms with Gasteiger partial charge in [-0.05, 0) is 38.3 Å². The van der Waals surface area contributed by atoms with Crippen molar-refractivity contribution in [1.29, 1.82) is 0 Å². The number of rotatable bonds is 4. The van der Waals surface area contributed by atoms with E-state index < -0.39 is 0 Å². The Bertz CT molecular complexity index is 299. The molecule has 1 aliphatic rings. The third-order valence-corrected chi connectivity index (χ3v) is 3.17. The maximum Gasteiger partial charge on any atom is 0.0561 e. The van der Waals surface area contributed by atoms with Crippen LogP contribution in [-0.4, -0.2) is 25.3 Å². The molecule has 1 aromatic rings. The number of hydrogen-bond acceptors (Lipinski definition) is 2. The van der Waals surface area contributed by atoms with Crippen LogP contribution < -0.4 is 5.32 Å². The lowest BCUT2D eigenvalue weighted by molar-refractivity contribution is 0.0135. The van der Waals surface area contributed by atoms with Crippen LogP contribution in [0.2, 0.25) is 0 Å². The molecule has 0 spiro atoms. The summed E-state index contributed by atoms with van der Waals surface area (Å²) in [5, 5.41) is 3.62. The minimum absolute atomic E-state index is 0.419. The normalized spacial score (nSPS) is 25.6. The number of nitrogens with one attached hydrogen (secondary N) is 1. The fourth-order valence-electron chi connectivity index (χ4n) is 2.25. The van der Waals surface area contributed by atoms with Crippen LogP contribution in [0.25, 0.3) is 0 Å². The molecule has 2 heteroatoms. The Morgan fingerprint density at radius 3 is 2.88 bits per heavy atom. The molecule has 2 unspecified atom stereocenters. The van der Waals surface area contributed by atoms with E-state index in [1.807, 2.05) is 0 Å². The van der Waals surface area contributed by atoms with E-state index in [0.29, 0.717) is 12.1 Å². The predicted octanol–water partition coefficient (Wildman–Crippen LogP) is 2.39. The molecule has 2 rings (SSSR count). The zero-order chi connectivity index (χ0) is 11.2. The van der Waals surface area contributed by atoms with Gasteiger partial charge in [-0.15, -0.1) is 0 Å². The highest BCUT2D eigenvalue weighted by Crippen LogP contribution is 2.13. The lowest BCUT2D eigenvalue weighted by atomic mass is 10.0. The fourth-order valence-corrected chi connectivity index (χ4v) is 2.25. The van der Waals surface area contributed by atoms with E-state index in [1.54, 1.807) is 0 Å². The van der Waals surface area contributed by atoms with Crippen molar-refractivity contribution in [2.24, 2.45) is 0 Å². The molecule has 2 atom stereocenters. The van der Waals surface area contributed by atoms with E-state index >= 15 is 0 Å². The average Bonchev–Trinajstić information content (AvgIpc) is 2.30. The highest BCUT2D eigenvalue weighted by Gasteiger charge is 2.18. The summed E-state index contributed by atoms with van der Waals surface area (Å²) in [6.45, 7) is 4.14. The second-order valence-electron chi connectivity index (χ2n) is 4.59. The van der Waals surface area contributed by atoms with Gasteiger partial charge in [0, 0.05) is 12.6 Å². The van der Waals surface area contributed by atoms with Gasteiger partial charge in [-0.1, -0.05) is 30.3 Å². The van der Waals surface area contributed by atoms with Gasteiger partial charge in [0.1, 0.15) is 0 Å². The first-order chi connectivity index (χ1) is 7.84. The van der Waals surface area contributed by atoms with Crippen molar-refractivity contribution in [1.82, 2.24) is 5.32 Å². The topological polar surface area (TPSA) is 21.3 Å². The summed E-state index contributed by atoms with van der Waals surface area (Å²) in [6, 6.07) is 11.3. The molecule has 16 heavy (non-hydrogen) atoms. The maximum atomic E-state index is 5.53. The van der Waals surface area contributed by atoms with Gasteiger partial charge in [-0.3, -0.25) is 0 Å². The minimum Gasteiger partial charge on any atom is -0.378 e. The quantitative estimate of drug-likeness (QED) is 0.839. The van der Waals surface area contributed by atoms with E-state index in [0.717, 1.165) is 32.4 Å². The number of benzene rings is 1. The van der Waals surface area contributed by atoms with Gasteiger partial charge in [-0.2, -0.15) is 0 Å². The molecule has 1 fully saturated rings. The minimum atomic E-state index is 0.419. The summed E-state index contributed by atoms with van der Waals surface area (Å²) in [4.78, 5) is 0. The molecule has 1 saturated heterocycles. The molecule has 0 aromatic heterocycles. The summed E-state index contributed by atoms with van der Waals surface area (Å²) in [5.74, 6) is 0. The van der Waals surface area contributed by atoms with E-state index in [9.17, 15) is 0 Å². The average molecular weight is 219 g/mol. The van der Waals surface area contributed by atoms with Crippen LogP contribution in [0.3, 0.4) is 0 Å². The van der Waals surface area contributed by atoms with Crippen LogP contribution in [0.5, 0.6) is 0 Å². The molecule has 0 amide bonds. The Kier molecular flexibility index (Phi) is 4.37. The Morgan fingerprint density at radius 2 is 2.12 bits per heavy atom. The highest BCUT2D eigenvalue weighted by molar-refractivity contribution is 5.14. The second-order valence-corrected chi connectivity index (χ2v) is 4.59. The van der Waals surface area contributed by atoms with Gasteiger partial charge in [0.15, 0.2) is 0 Å². The van der Waals surface area contributed by atoms with Gasteiger partial charge in [0.25, 0.3) is 0 Å². The molecule has 1 aromatic carbocycles. The summed E-state index contributed by atoms with van der Waals surface area (Å²) in [7, 11) is 0. The van der Waals surface area contributed by atoms with Crippen molar-refractivity contribution in [3.05, 3.63) is 35.9 Å². The standard InChI is InChI=1S/C14H21NO/c1-12-11-14(8-10-16-12)15-9-7-13-5-3-2-4-6-13/h2-6,12,14-15H,7-11H2,1H3. The van der Waals surface area contributed by atoms with Crippen LogP contribution in [0, 0.1) is 0 Å². The first-order valence-corrected chi connectivity index (χ1v) is 6.23. The monoisotopic (exact) mass is 219 g/mol. The SMILES string of the molecule is CC1CC(NCCc2ccccc2)CCO1. The smallest absolute Gasteiger partial charge is 0.0561 e. The van der Waals surface area contributed by atoms with Crippen molar-refractivity contribution in [2.75, 3.05) is 13.2 Å². The Hall–Kier alpha value is -0.860. The zero-order valence-corrected chi connectivity index (χ0v) is 9.99. The van der Waals surface area contributed by atoms with Gasteiger partial charge < -0.3 is 10.1 Å². The van der Waals surface area contributed by atoms with Crippen molar-refractivity contribution in [2.45, 2.75) is 38.3 Å². The molecule has 0 saturated carbocycles. The first-order valence-electron chi connectivity index (χ1n) is 6.23. The molecule has 1 heterocycles. The van der Waals surface area contributed by atoms with Crippen LogP contribution >= 0.6 is 0 Å². The summed E-state index contributed by atoms with van der Waals surface area (Å²) >= 11 is 0. The fraction of sp³-hybridized carbons (Fsp3) is 0.571. The largest absolute Gasteiger partial charge is 0.378 e. The summed E-state index contributed by atoms with van der Waals surface area (Å²) in [5.41, 5.74) is 1.41. The molecule has 2 nitrogen and oxygen atoms in total. The van der Waals surface area contributed by atoms with Crippen LogP contribution in [0.4, 0.5) is 0 Å². The highest BCUT2D eigenvalue weighted by atomic mass is 16.5. The van der Waals surface area contributed by atoms with Gasteiger partial charge in [-0.25, -0.2) is 0 Å². The second kappa shape index (κ2) is 6.02. The summed E-state index contributed by atoms with van der Waals surface area (Å²) < 4.78 is 5.53. The van der Waals surface area contributed by atoms with Crippen LogP contribution in [0.15, 0.2) is 30.3 Å². The van der Waals surface area contributed by atoms with E-state index in [1.165, 1.54) is 5.56 Å². The molecule has 1 aliphatic heterocycles. The number of hydrogen-bond donors (Lipinski definition) is 1. The maximum absolute atomic E-state index is 5.53. The van der Waals surface area contributed by atoms with Crippen molar-refractivity contribution >= 4 is 0 Å². The lowest BCUT2D eigenvalue weighted by Crippen LogP contribution is -2.38. The molecular formula is C14H21NO. The Morgan fingerprint density at radius 1 is 1.31 bits per heavy atom. The van der Waals surface area contributed by atoms with Crippen molar-refractivity contribution in [3.8, 4) is 0 Å². The van der Waals surface area contributed by atoms with E-state index in [2.05, 4.69) is 42.6 Å². The Balaban J connectivity index is 1.68. The van der Waals surface area contributed by atoms with Crippen molar-refractivity contribution in [3.63, 3.8) is 0 Å². The number of ether oxygens (including phenoxy) is 1. The molecule has 0 radical (unpaired) electrons. The first kappa shape index (κ1) is 11.6. The Labute approximate surface area is 98.0 Å². The molecule has 0 aliphatic carbocycles.